The van der Waals surface area contributed by atoms with Crippen molar-refractivity contribution in [1.29, 1.82) is 0 Å². The van der Waals surface area contributed by atoms with Crippen LogP contribution in [0, 0.1) is 11.6 Å². The van der Waals surface area contributed by atoms with Crippen LogP contribution < -0.4 is 5.32 Å². The van der Waals surface area contributed by atoms with Crippen molar-refractivity contribution in [2.75, 3.05) is 5.32 Å². The summed E-state index contributed by atoms with van der Waals surface area (Å²) in [7, 11) is 0. The van der Waals surface area contributed by atoms with Gasteiger partial charge < -0.3 is 15.5 Å². The van der Waals surface area contributed by atoms with E-state index >= 15 is 0 Å². The van der Waals surface area contributed by atoms with E-state index < -0.39 is 11.6 Å². The second-order valence-electron chi connectivity index (χ2n) is 4.27. The van der Waals surface area contributed by atoms with Gasteiger partial charge in [-0.3, -0.25) is 0 Å². The minimum Gasteiger partial charge on any atom is -0.508 e. The van der Waals surface area contributed by atoms with Crippen LogP contribution in [0.5, 0.6) is 11.5 Å². The molecule has 0 amide bonds. The minimum absolute atomic E-state index is 0.0803. The van der Waals surface area contributed by atoms with Gasteiger partial charge in [0.2, 0.25) is 0 Å². The Labute approximate surface area is 109 Å². The van der Waals surface area contributed by atoms with Gasteiger partial charge in [-0.25, -0.2) is 8.78 Å². The smallest absolute Gasteiger partial charge is 0.149 e. The standard InChI is InChI=1S/C14H13F2NO2/c1-8(9-4-11(18)7-12(19)5-9)17-14-3-2-10(15)6-13(14)16/h2-8,17-19H,1H3. The number of phenols is 2. The van der Waals surface area contributed by atoms with Crippen LogP contribution in [0.2, 0.25) is 0 Å². The van der Waals surface area contributed by atoms with Crippen molar-refractivity contribution in [1.82, 2.24) is 0 Å². The first-order chi connectivity index (χ1) is 8.95. The molecule has 0 aliphatic carbocycles. The third-order valence-electron chi connectivity index (χ3n) is 2.73. The molecule has 1 unspecified atom stereocenters. The lowest BCUT2D eigenvalue weighted by Gasteiger charge is -2.16. The number of rotatable bonds is 3. The van der Waals surface area contributed by atoms with E-state index in [1.54, 1.807) is 6.92 Å². The molecule has 1 atom stereocenters. The van der Waals surface area contributed by atoms with Gasteiger partial charge in [-0.1, -0.05) is 0 Å². The summed E-state index contributed by atoms with van der Waals surface area (Å²) in [6, 6.07) is 6.99. The molecule has 0 spiro atoms. The van der Waals surface area contributed by atoms with Gasteiger partial charge in [0.25, 0.3) is 0 Å². The van der Waals surface area contributed by atoms with E-state index in [0.717, 1.165) is 12.1 Å². The molecule has 2 aromatic carbocycles. The summed E-state index contributed by atoms with van der Waals surface area (Å²) in [5.74, 6) is -1.51. The zero-order valence-corrected chi connectivity index (χ0v) is 10.2. The number of aromatic hydroxyl groups is 2. The summed E-state index contributed by atoms with van der Waals surface area (Å²) in [5, 5.41) is 21.6. The molecule has 0 aliphatic heterocycles. The van der Waals surface area contributed by atoms with Crippen LogP contribution in [0.4, 0.5) is 14.5 Å². The maximum Gasteiger partial charge on any atom is 0.149 e. The van der Waals surface area contributed by atoms with Gasteiger partial charge in [-0.15, -0.1) is 0 Å². The second-order valence-corrected chi connectivity index (χ2v) is 4.27. The molecule has 0 radical (unpaired) electrons. The third-order valence-corrected chi connectivity index (χ3v) is 2.73. The average molecular weight is 265 g/mol. The average Bonchev–Trinajstić information content (AvgIpc) is 2.31. The van der Waals surface area contributed by atoms with Crippen LogP contribution in [-0.2, 0) is 0 Å². The molecule has 0 bridgehead atoms. The lowest BCUT2D eigenvalue weighted by molar-refractivity contribution is 0.448. The maximum atomic E-state index is 13.5. The number of phenolic OH excluding ortho intramolecular Hbond substituents is 2. The SMILES string of the molecule is CC(Nc1ccc(F)cc1F)c1cc(O)cc(O)c1. The van der Waals surface area contributed by atoms with Crippen molar-refractivity contribution in [2.24, 2.45) is 0 Å². The molecule has 0 aliphatic rings. The van der Waals surface area contributed by atoms with Gasteiger partial charge in [-0.2, -0.15) is 0 Å². The van der Waals surface area contributed by atoms with Crippen LogP contribution >= 0.6 is 0 Å². The first-order valence-corrected chi connectivity index (χ1v) is 5.70. The minimum atomic E-state index is -0.698. The van der Waals surface area contributed by atoms with Crippen LogP contribution in [0.1, 0.15) is 18.5 Å². The molecule has 5 heteroatoms. The number of halogens is 2. The first kappa shape index (κ1) is 13.1. The topological polar surface area (TPSA) is 52.5 Å². The molecule has 0 aromatic heterocycles. The predicted octanol–water partition coefficient (Wildman–Crippen LogP) is 3.55. The lowest BCUT2D eigenvalue weighted by Crippen LogP contribution is -2.08. The van der Waals surface area contributed by atoms with Gasteiger partial charge in [0.15, 0.2) is 0 Å². The number of benzene rings is 2. The Hall–Kier alpha value is -2.30. The predicted molar refractivity (Wildman–Crippen MR) is 68.2 cm³/mol. The fraction of sp³-hybridized carbons (Fsp3) is 0.143. The molecule has 2 aromatic rings. The van der Waals surface area contributed by atoms with Crippen LogP contribution in [-0.4, -0.2) is 10.2 Å². The summed E-state index contributed by atoms with van der Waals surface area (Å²) in [6.07, 6.45) is 0. The highest BCUT2D eigenvalue weighted by Crippen LogP contribution is 2.27. The monoisotopic (exact) mass is 265 g/mol. The number of hydrogen-bond donors (Lipinski definition) is 3. The van der Waals surface area contributed by atoms with Gasteiger partial charge in [-0.05, 0) is 36.8 Å². The Morgan fingerprint density at radius 3 is 2.21 bits per heavy atom. The van der Waals surface area contributed by atoms with Gasteiger partial charge in [0.1, 0.15) is 23.1 Å². The van der Waals surface area contributed by atoms with Crippen LogP contribution in [0.3, 0.4) is 0 Å². The molecular weight excluding hydrogens is 252 g/mol. The summed E-state index contributed by atoms with van der Waals surface area (Å²) >= 11 is 0. The van der Waals surface area contributed by atoms with Crippen molar-refractivity contribution in [3.05, 3.63) is 53.6 Å². The molecule has 3 N–H and O–H groups in total. The summed E-state index contributed by atoms with van der Waals surface area (Å²) in [5.41, 5.74) is 0.734. The zero-order valence-electron chi connectivity index (χ0n) is 10.2. The Morgan fingerprint density at radius 2 is 1.63 bits per heavy atom. The van der Waals surface area contributed by atoms with Crippen molar-refractivity contribution < 1.29 is 19.0 Å². The van der Waals surface area contributed by atoms with E-state index in [4.69, 9.17) is 0 Å². The van der Waals surface area contributed by atoms with Crippen molar-refractivity contribution in [2.45, 2.75) is 13.0 Å². The number of hydrogen-bond acceptors (Lipinski definition) is 3. The first-order valence-electron chi connectivity index (χ1n) is 5.70. The zero-order chi connectivity index (χ0) is 14.0. The Bertz CT molecular complexity index is 582. The summed E-state index contributed by atoms with van der Waals surface area (Å²) in [6.45, 7) is 1.73. The van der Waals surface area contributed by atoms with Crippen molar-refractivity contribution in [3.63, 3.8) is 0 Å². The normalized spacial score (nSPS) is 12.2. The molecule has 0 saturated carbocycles. The van der Waals surface area contributed by atoms with Crippen molar-refractivity contribution in [3.8, 4) is 11.5 Å². The van der Waals surface area contributed by atoms with Gasteiger partial charge in [0.05, 0.1) is 5.69 Å². The highest BCUT2D eigenvalue weighted by atomic mass is 19.1. The number of anilines is 1. The van der Waals surface area contributed by atoms with E-state index in [0.29, 0.717) is 5.56 Å². The summed E-state index contributed by atoms with van der Waals surface area (Å²) < 4.78 is 26.3. The molecule has 3 nitrogen and oxygen atoms in total. The summed E-state index contributed by atoms with van der Waals surface area (Å²) in [4.78, 5) is 0. The molecule has 19 heavy (non-hydrogen) atoms. The quantitative estimate of drug-likeness (QED) is 0.795. The highest BCUT2D eigenvalue weighted by Gasteiger charge is 2.11. The Balaban J connectivity index is 2.22. The maximum absolute atomic E-state index is 13.5. The van der Waals surface area contributed by atoms with E-state index in [-0.39, 0.29) is 23.2 Å². The Kier molecular flexibility index (Phi) is 3.55. The van der Waals surface area contributed by atoms with Gasteiger partial charge in [0, 0.05) is 18.2 Å². The molecule has 0 saturated heterocycles. The second kappa shape index (κ2) is 5.14. The van der Waals surface area contributed by atoms with Crippen molar-refractivity contribution >= 4 is 5.69 Å². The van der Waals surface area contributed by atoms with Gasteiger partial charge >= 0.3 is 0 Å². The van der Waals surface area contributed by atoms with Crippen LogP contribution in [0.25, 0.3) is 0 Å². The molecule has 0 heterocycles. The molecular formula is C14H13F2NO2. The third kappa shape index (κ3) is 3.13. The fourth-order valence-electron chi connectivity index (χ4n) is 1.79. The van der Waals surface area contributed by atoms with E-state index in [2.05, 4.69) is 5.32 Å². The fourth-order valence-corrected chi connectivity index (χ4v) is 1.79. The molecule has 2 rings (SSSR count). The van der Waals surface area contributed by atoms with E-state index in [1.165, 1.54) is 24.3 Å². The highest BCUT2D eigenvalue weighted by molar-refractivity contribution is 5.48. The van der Waals surface area contributed by atoms with E-state index in [1.807, 2.05) is 0 Å². The van der Waals surface area contributed by atoms with E-state index in [9.17, 15) is 19.0 Å². The Morgan fingerprint density at radius 1 is 1.00 bits per heavy atom. The molecule has 100 valence electrons. The van der Waals surface area contributed by atoms with Crippen LogP contribution in [0.15, 0.2) is 36.4 Å². The lowest BCUT2D eigenvalue weighted by atomic mass is 10.1. The molecule has 0 fully saturated rings. The number of nitrogens with one attached hydrogen (secondary N) is 1. The largest absolute Gasteiger partial charge is 0.508 e.